The maximum absolute atomic E-state index is 12.8. The van der Waals surface area contributed by atoms with Crippen LogP contribution in [0.5, 0.6) is 0 Å². The van der Waals surface area contributed by atoms with Crippen molar-refractivity contribution in [3.05, 3.63) is 35.4 Å². The number of rotatable bonds is 2. The van der Waals surface area contributed by atoms with Crippen LogP contribution in [0.25, 0.3) is 0 Å². The number of benzene rings is 1. The second kappa shape index (κ2) is 4.34. The van der Waals surface area contributed by atoms with E-state index >= 15 is 0 Å². The van der Waals surface area contributed by atoms with E-state index in [2.05, 4.69) is 0 Å². The Kier molecular flexibility index (Phi) is 3.53. The van der Waals surface area contributed by atoms with Gasteiger partial charge in [0.15, 0.2) is 11.6 Å². The van der Waals surface area contributed by atoms with E-state index in [1.165, 1.54) is 6.07 Å². The molecule has 1 unspecified atom stereocenters. The largest absolute Gasteiger partial charge is 1.00 e. The van der Waals surface area contributed by atoms with Crippen molar-refractivity contribution >= 4 is 5.97 Å². The minimum atomic E-state index is -1.13. The summed E-state index contributed by atoms with van der Waals surface area (Å²) >= 11 is 0. The SMILES string of the molecule is O=C([O-])[C@@H]1CC1c1ccc(F)c(F)c1.[Li+]. The standard InChI is InChI=1S/C10H8F2O2.Li/c11-8-2-1-5(3-9(8)12)6-4-7(6)10(13)14;/h1-3,6-7H,4H2,(H,13,14);/q;+1/p-1/t6?,7-;/m1./s1. The number of hydrogen-bond acceptors (Lipinski definition) is 2. The van der Waals surface area contributed by atoms with E-state index in [0.29, 0.717) is 12.0 Å². The summed E-state index contributed by atoms with van der Waals surface area (Å²) in [6.07, 6.45) is 0.452. The van der Waals surface area contributed by atoms with Gasteiger partial charge in [-0.05, 0) is 30.0 Å². The summed E-state index contributed by atoms with van der Waals surface area (Å²) in [5.74, 6) is -3.74. The number of aliphatic carboxylic acids is 1. The molecule has 1 aromatic rings. The van der Waals surface area contributed by atoms with Gasteiger partial charge in [-0.3, -0.25) is 0 Å². The summed E-state index contributed by atoms with van der Waals surface area (Å²) < 4.78 is 25.3. The van der Waals surface area contributed by atoms with Gasteiger partial charge in [0.1, 0.15) is 0 Å². The Bertz CT molecular complexity index is 395. The topological polar surface area (TPSA) is 40.1 Å². The van der Waals surface area contributed by atoms with Crippen LogP contribution in [0.3, 0.4) is 0 Å². The van der Waals surface area contributed by atoms with Crippen LogP contribution in [-0.2, 0) is 4.79 Å². The van der Waals surface area contributed by atoms with Gasteiger partial charge in [0, 0.05) is 11.9 Å². The molecule has 0 bridgehead atoms. The molecule has 0 radical (unpaired) electrons. The first-order valence-electron chi connectivity index (χ1n) is 4.25. The first-order chi connectivity index (χ1) is 6.59. The van der Waals surface area contributed by atoms with Gasteiger partial charge in [-0.2, -0.15) is 0 Å². The van der Waals surface area contributed by atoms with Gasteiger partial charge in [0.05, 0.1) is 0 Å². The quantitative estimate of drug-likeness (QED) is 0.514. The van der Waals surface area contributed by atoms with E-state index in [1.54, 1.807) is 0 Å². The monoisotopic (exact) mass is 204 g/mol. The van der Waals surface area contributed by atoms with Gasteiger partial charge in [0.25, 0.3) is 0 Å². The molecule has 2 rings (SSSR count). The maximum Gasteiger partial charge on any atom is 1.00 e. The van der Waals surface area contributed by atoms with Crippen LogP contribution >= 0.6 is 0 Å². The molecule has 0 heterocycles. The summed E-state index contributed by atoms with van der Waals surface area (Å²) in [7, 11) is 0. The van der Waals surface area contributed by atoms with Gasteiger partial charge in [-0.25, -0.2) is 8.78 Å². The number of hydrogen-bond donors (Lipinski definition) is 0. The summed E-state index contributed by atoms with van der Waals surface area (Å²) in [6.45, 7) is 0. The zero-order valence-electron chi connectivity index (χ0n) is 8.17. The molecule has 5 heteroatoms. The molecule has 0 saturated heterocycles. The molecule has 74 valence electrons. The third-order valence-corrected chi connectivity index (χ3v) is 2.46. The molecule has 0 aromatic heterocycles. The number of carboxylic acids is 1. The molecule has 0 amide bonds. The van der Waals surface area contributed by atoms with E-state index in [0.717, 1.165) is 12.1 Å². The summed E-state index contributed by atoms with van der Waals surface area (Å²) in [5, 5.41) is 10.4. The Morgan fingerprint density at radius 2 is 2.00 bits per heavy atom. The van der Waals surface area contributed by atoms with Crippen LogP contribution in [0.1, 0.15) is 17.9 Å². The van der Waals surface area contributed by atoms with Crippen molar-refractivity contribution in [2.75, 3.05) is 0 Å². The molecular formula is C10H7F2LiO2. The number of carbonyl (C=O) groups is 1. The molecule has 1 saturated carbocycles. The molecule has 2 atom stereocenters. The van der Waals surface area contributed by atoms with Crippen molar-refractivity contribution in [1.82, 2.24) is 0 Å². The summed E-state index contributed by atoms with van der Waals surface area (Å²) in [6, 6.07) is 3.46. The molecule has 1 aliphatic rings. The van der Waals surface area contributed by atoms with Gasteiger partial charge < -0.3 is 9.90 Å². The minimum absolute atomic E-state index is 0. The van der Waals surface area contributed by atoms with E-state index in [1.807, 2.05) is 0 Å². The first kappa shape index (κ1) is 12.2. The van der Waals surface area contributed by atoms with Crippen molar-refractivity contribution in [2.24, 2.45) is 5.92 Å². The Labute approximate surface area is 97.5 Å². The van der Waals surface area contributed by atoms with E-state index in [9.17, 15) is 18.7 Å². The van der Waals surface area contributed by atoms with Crippen LogP contribution in [0, 0.1) is 17.6 Å². The molecule has 1 aromatic carbocycles. The van der Waals surface area contributed by atoms with Crippen LogP contribution in [0.15, 0.2) is 18.2 Å². The van der Waals surface area contributed by atoms with Crippen LogP contribution in [-0.4, -0.2) is 5.97 Å². The predicted octanol–water partition coefficient (Wildman–Crippen LogP) is -2.18. The van der Waals surface area contributed by atoms with Crippen molar-refractivity contribution < 1.29 is 37.5 Å². The molecule has 1 fully saturated rings. The van der Waals surface area contributed by atoms with E-state index < -0.39 is 23.5 Å². The fourth-order valence-corrected chi connectivity index (χ4v) is 1.57. The third-order valence-electron chi connectivity index (χ3n) is 2.46. The van der Waals surface area contributed by atoms with Crippen LogP contribution < -0.4 is 24.0 Å². The predicted molar refractivity (Wildman–Crippen MR) is 42.2 cm³/mol. The summed E-state index contributed by atoms with van der Waals surface area (Å²) in [4.78, 5) is 10.4. The van der Waals surface area contributed by atoms with Crippen LogP contribution in [0.2, 0.25) is 0 Å². The second-order valence-corrected chi connectivity index (χ2v) is 3.44. The Morgan fingerprint density at radius 1 is 1.33 bits per heavy atom. The van der Waals surface area contributed by atoms with E-state index in [4.69, 9.17) is 0 Å². The molecule has 15 heavy (non-hydrogen) atoms. The second-order valence-electron chi connectivity index (χ2n) is 3.44. The van der Waals surface area contributed by atoms with Gasteiger partial charge in [0.2, 0.25) is 0 Å². The van der Waals surface area contributed by atoms with Gasteiger partial charge in [-0.15, -0.1) is 0 Å². The summed E-state index contributed by atoms with van der Waals surface area (Å²) in [5.41, 5.74) is 0.526. The number of carboxylic acid groups (broad SMARTS) is 1. The Hall–Kier alpha value is -0.853. The smallest absolute Gasteiger partial charge is 0.550 e. The van der Waals surface area contributed by atoms with Crippen molar-refractivity contribution in [2.45, 2.75) is 12.3 Å². The zero-order valence-corrected chi connectivity index (χ0v) is 8.17. The Balaban J connectivity index is 0.00000112. The van der Waals surface area contributed by atoms with Crippen molar-refractivity contribution in [3.8, 4) is 0 Å². The normalized spacial score (nSPS) is 23.1. The Morgan fingerprint density at radius 3 is 2.47 bits per heavy atom. The number of halogens is 2. The molecule has 2 nitrogen and oxygen atoms in total. The van der Waals surface area contributed by atoms with Gasteiger partial charge >= 0.3 is 18.9 Å². The van der Waals surface area contributed by atoms with E-state index in [-0.39, 0.29) is 24.8 Å². The van der Waals surface area contributed by atoms with Crippen molar-refractivity contribution in [3.63, 3.8) is 0 Å². The maximum atomic E-state index is 12.8. The third kappa shape index (κ3) is 2.39. The van der Waals surface area contributed by atoms with Crippen molar-refractivity contribution in [1.29, 1.82) is 0 Å². The molecule has 1 aliphatic carbocycles. The molecule has 0 aliphatic heterocycles. The fourth-order valence-electron chi connectivity index (χ4n) is 1.57. The van der Waals surface area contributed by atoms with Crippen LogP contribution in [0.4, 0.5) is 8.78 Å². The minimum Gasteiger partial charge on any atom is -0.550 e. The number of carbonyl (C=O) groups excluding carboxylic acids is 1. The molecule has 0 N–H and O–H groups in total. The molecule has 0 spiro atoms. The van der Waals surface area contributed by atoms with Gasteiger partial charge in [-0.1, -0.05) is 6.07 Å². The zero-order chi connectivity index (χ0) is 10.3. The fraction of sp³-hybridized carbons (Fsp3) is 0.300. The average molecular weight is 204 g/mol. The average Bonchev–Trinajstić information content (AvgIpc) is 2.89. The first-order valence-corrected chi connectivity index (χ1v) is 4.25. The molecular weight excluding hydrogens is 197 g/mol.